The normalized spacial score (nSPS) is 15.0. The maximum atomic E-state index is 12.1. The molecule has 1 aromatic carbocycles. The second-order valence-electron chi connectivity index (χ2n) is 6.19. The molecule has 0 heterocycles. The molecule has 1 aliphatic rings. The Morgan fingerprint density at radius 1 is 1.15 bits per heavy atom. The van der Waals surface area contributed by atoms with Crippen LogP contribution in [0.3, 0.4) is 0 Å². The van der Waals surface area contributed by atoms with Gasteiger partial charge in [0.05, 0.1) is 0 Å². The zero-order chi connectivity index (χ0) is 17.7. The fraction of sp³-hybridized carbons (Fsp3) is 0.579. The first-order chi connectivity index (χ1) is 12.3. The molecule has 0 aromatic heterocycles. The highest BCUT2D eigenvalue weighted by Gasteiger charge is 2.15. The van der Waals surface area contributed by atoms with Crippen molar-refractivity contribution in [1.82, 2.24) is 16.0 Å². The predicted octanol–water partition coefficient (Wildman–Crippen LogP) is 3.40. The Kier molecular flexibility index (Phi) is 12.6. The topological polar surface area (TPSA) is 65.5 Å². The van der Waals surface area contributed by atoms with E-state index in [1.807, 2.05) is 25.1 Å². The molecular weight excluding hydrogens is 459 g/mol. The number of hydrogen-bond acceptors (Lipinski definition) is 3. The molecule has 1 aromatic rings. The summed E-state index contributed by atoms with van der Waals surface area (Å²) in [6.07, 6.45) is 5.93. The third kappa shape index (κ3) is 9.66. The van der Waals surface area contributed by atoms with Gasteiger partial charge in [0.1, 0.15) is 6.54 Å². The number of rotatable bonds is 8. The van der Waals surface area contributed by atoms with Gasteiger partial charge in [0.2, 0.25) is 5.91 Å². The van der Waals surface area contributed by atoms with Crippen molar-refractivity contribution in [3.63, 3.8) is 0 Å². The van der Waals surface area contributed by atoms with Gasteiger partial charge in [0.25, 0.3) is 0 Å². The molecule has 1 fully saturated rings. The number of benzene rings is 1. The minimum Gasteiger partial charge on any atom is -0.357 e. The smallest absolute Gasteiger partial charge is 0.242 e. The van der Waals surface area contributed by atoms with E-state index in [9.17, 15) is 4.79 Å². The second kappa shape index (κ2) is 14.1. The minimum absolute atomic E-state index is 0. The van der Waals surface area contributed by atoms with E-state index in [0.717, 1.165) is 31.7 Å². The molecule has 0 saturated heterocycles. The Labute approximate surface area is 178 Å². The molecule has 0 unspecified atom stereocenters. The zero-order valence-corrected chi connectivity index (χ0v) is 18.6. The molecule has 5 nitrogen and oxygen atoms in total. The summed E-state index contributed by atoms with van der Waals surface area (Å²) in [6, 6.07) is 10.7. The average molecular weight is 490 g/mol. The molecule has 1 aliphatic carbocycles. The number of nitrogens with zero attached hydrogens (tertiary/aromatic N) is 1. The van der Waals surface area contributed by atoms with Crippen molar-refractivity contribution in [1.29, 1.82) is 0 Å². The summed E-state index contributed by atoms with van der Waals surface area (Å²) in [5.41, 5.74) is 0. The van der Waals surface area contributed by atoms with Gasteiger partial charge in [-0.3, -0.25) is 4.79 Å². The molecular formula is C19H31IN4OS. The highest BCUT2D eigenvalue weighted by atomic mass is 127. The summed E-state index contributed by atoms with van der Waals surface area (Å²) in [5, 5.41) is 9.58. The molecule has 26 heavy (non-hydrogen) atoms. The van der Waals surface area contributed by atoms with E-state index in [0.29, 0.717) is 12.0 Å². The van der Waals surface area contributed by atoms with E-state index < -0.39 is 0 Å². The first-order valence-electron chi connectivity index (χ1n) is 9.27. The lowest BCUT2D eigenvalue weighted by Gasteiger charge is -2.22. The van der Waals surface area contributed by atoms with Crippen LogP contribution >= 0.6 is 35.7 Å². The van der Waals surface area contributed by atoms with Crippen LogP contribution in [0, 0.1) is 0 Å². The SMILES string of the molecule is CCNC(=NCC(=O)NC1CCCCC1)NCCSc1ccccc1.I. The highest BCUT2D eigenvalue weighted by molar-refractivity contribution is 14.0. The van der Waals surface area contributed by atoms with Crippen LogP contribution in [0.5, 0.6) is 0 Å². The van der Waals surface area contributed by atoms with E-state index >= 15 is 0 Å². The summed E-state index contributed by atoms with van der Waals surface area (Å²) >= 11 is 1.80. The van der Waals surface area contributed by atoms with Crippen molar-refractivity contribution >= 4 is 47.6 Å². The van der Waals surface area contributed by atoms with E-state index in [-0.39, 0.29) is 36.4 Å². The minimum atomic E-state index is 0. The molecule has 0 radical (unpaired) electrons. The van der Waals surface area contributed by atoms with Gasteiger partial charge >= 0.3 is 0 Å². The molecule has 0 bridgehead atoms. The van der Waals surface area contributed by atoms with Gasteiger partial charge in [0, 0.05) is 29.8 Å². The molecule has 2 rings (SSSR count). The Morgan fingerprint density at radius 2 is 1.88 bits per heavy atom. The van der Waals surface area contributed by atoms with Crippen LogP contribution in [-0.4, -0.2) is 43.3 Å². The lowest BCUT2D eigenvalue weighted by Crippen LogP contribution is -2.41. The number of amides is 1. The van der Waals surface area contributed by atoms with Crippen molar-refractivity contribution < 1.29 is 4.79 Å². The number of hydrogen-bond donors (Lipinski definition) is 3. The monoisotopic (exact) mass is 490 g/mol. The largest absolute Gasteiger partial charge is 0.357 e. The van der Waals surface area contributed by atoms with Crippen LogP contribution in [0.25, 0.3) is 0 Å². The Morgan fingerprint density at radius 3 is 2.58 bits per heavy atom. The molecule has 0 spiro atoms. The number of carbonyl (C=O) groups excluding carboxylic acids is 1. The van der Waals surface area contributed by atoms with Crippen LogP contribution in [0.4, 0.5) is 0 Å². The molecule has 146 valence electrons. The molecule has 1 saturated carbocycles. The maximum absolute atomic E-state index is 12.1. The number of guanidine groups is 1. The van der Waals surface area contributed by atoms with E-state index in [4.69, 9.17) is 0 Å². The third-order valence-electron chi connectivity index (χ3n) is 4.10. The quantitative estimate of drug-likeness (QED) is 0.172. The first-order valence-corrected chi connectivity index (χ1v) is 10.3. The summed E-state index contributed by atoms with van der Waals surface area (Å²) < 4.78 is 0. The third-order valence-corrected chi connectivity index (χ3v) is 5.12. The van der Waals surface area contributed by atoms with Crippen molar-refractivity contribution in [2.75, 3.05) is 25.4 Å². The average Bonchev–Trinajstić information content (AvgIpc) is 2.65. The van der Waals surface area contributed by atoms with E-state index in [2.05, 4.69) is 33.1 Å². The van der Waals surface area contributed by atoms with E-state index in [1.54, 1.807) is 11.8 Å². The fourth-order valence-corrected chi connectivity index (χ4v) is 3.66. The van der Waals surface area contributed by atoms with Crippen LogP contribution in [0.15, 0.2) is 40.2 Å². The number of aliphatic imine (C=N–C) groups is 1. The van der Waals surface area contributed by atoms with Gasteiger partial charge in [-0.2, -0.15) is 0 Å². The fourth-order valence-electron chi connectivity index (χ4n) is 2.87. The van der Waals surface area contributed by atoms with Crippen molar-refractivity contribution in [3.8, 4) is 0 Å². The standard InChI is InChI=1S/C19H30N4OS.HI/c1-2-20-19(21-13-14-25-17-11-7-4-8-12-17)22-15-18(24)23-16-9-5-3-6-10-16;/h4,7-8,11-12,16H,2-3,5-6,9-10,13-15H2,1H3,(H,23,24)(H2,20,21,22);1H. The van der Waals surface area contributed by atoms with Gasteiger partial charge in [-0.05, 0) is 31.9 Å². The second-order valence-corrected chi connectivity index (χ2v) is 7.35. The van der Waals surface area contributed by atoms with Crippen molar-refractivity contribution in [2.45, 2.75) is 50.0 Å². The summed E-state index contributed by atoms with van der Waals surface area (Å²) in [7, 11) is 0. The van der Waals surface area contributed by atoms with Gasteiger partial charge in [-0.15, -0.1) is 35.7 Å². The number of thioether (sulfide) groups is 1. The summed E-state index contributed by atoms with van der Waals surface area (Å²) in [6.45, 7) is 3.78. The molecule has 1 amide bonds. The molecule has 7 heteroatoms. The number of halogens is 1. The zero-order valence-electron chi connectivity index (χ0n) is 15.5. The van der Waals surface area contributed by atoms with E-state index in [1.165, 1.54) is 24.2 Å². The van der Waals surface area contributed by atoms with Crippen LogP contribution < -0.4 is 16.0 Å². The number of carbonyl (C=O) groups is 1. The van der Waals surface area contributed by atoms with Gasteiger partial charge in [-0.1, -0.05) is 37.5 Å². The predicted molar refractivity (Wildman–Crippen MR) is 122 cm³/mol. The summed E-state index contributed by atoms with van der Waals surface area (Å²) in [4.78, 5) is 17.7. The van der Waals surface area contributed by atoms with Crippen molar-refractivity contribution in [2.24, 2.45) is 4.99 Å². The highest BCUT2D eigenvalue weighted by Crippen LogP contribution is 2.17. The summed E-state index contributed by atoms with van der Waals surface area (Å²) in [5.74, 6) is 1.67. The van der Waals surface area contributed by atoms with Gasteiger partial charge < -0.3 is 16.0 Å². The van der Waals surface area contributed by atoms with Crippen LogP contribution in [-0.2, 0) is 4.79 Å². The van der Waals surface area contributed by atoms with Crippen LogP contribution in [0.2, 0.25) is 0 Å². The van der Waals surface area contributed by atoms with Crippen molar-refractivity contribution in [3.05, 3.63) is 30.3 Å². The Bertz CT molecular complexity index is 536. The van der Waals surface area contributed by atoms with Crippen LogP contribution in [0.1, 0.15) is 39.0 Å². The first kappa shape index (κ1) is 23.1. The Hall–Kier alpha value is -0.960. The maximum Gasteiger partial charge on any atom is 0.242 e. The Balaban J connectivity index is 0.00000338. The van der Waals surface area contributed by atoms with Gasteiger partial charge in [-0.25, -0.2) is 4.99 Å². The van der Waals surface area contributed by atoms with Gasteiger partial charge in [0.15, 0.2) is 5.96 Å². The lowest BCUT2D eigenvalue weighted by molar-refractivity contribution is -0.120. The lowest BCUT2D eigenvalue weighted by atomic mass is 9.95. The molecule has 0 atom stereocenters. The molecule has 0 aliphatic heterocycles. The number of nitrogens with one attached hydrogen (secondary N) is 3. The molecule has 3 N–H and O–H groups in total.